The molecule has 6 heteroatoms. The second-order valence-electron chi connectivity index (χ2n) is 7.55. The number of fused-ring (bicyclic) bond motifs is 5. The van der Waals surface area contributed by atoms with Crippen LogP contribution in [0.25, 0.3) is 0 Å². The number of nitrogens with zero attached hydrogens (tertiary/aromatic N) is 1. The van der Waals surface area contributed by atoms with E-state index in [0.717, 1.165) is 27.7 Å². The lowest BCUT2D eigenvalue weighted by Crippen LogP contribution is -2.35. The van der Waals surface area contributed by atoms with Crippen molar-refractivity contribution in [1.82, 2.24) is 4.90 Å². The Morgan fingerprint density at radius 1 is 1.12 bits per heavy atom. The topological polar surface area (TPSA) is 66.5 Å². The smallest absolute Gasteiger partial charge is 0.233 e. The predicted molar refractivity (Wildman–Crippen MR) is 101 cm³/mol. The number of imide groups is 1. The molecule has 1 N–H and O–H groups in total. The summed E-state index contributed by atoms with van der Waals surface area (Å²) >= 11 is 3.51. The predicted octanol–water partition coefficient (Wildman–Crippen LogP) is 3.20. The summed E-state index contributed by atoms with van der Waals surface area (Å²) in [5.74, 6) is -0.373. The number of anilines is 1. The average Bonchev–Trinajstić information content (AvgIpc) is 3.26. The molecular weight excluding hydrogens is 396 g/mol. The van der Waals surface area contributed by atoms with Crippen LogP contribution in [0.2, 0.25) is 0 Å². The van der Waals surface area contributed by atoms with Crippen LogP contribution in [-0.4, -0.2) is 29.2 Å². The quantitative estimate of drug-likeness (QED) is 0.605. The van der Waals surface area contributed by atoms with Gasteiger partial charge >= 0.3 is 0 Å². The fourth-order valence-corrected chi connectivity index (χ4v) is 4.87. The number of carbonyl (C=O) groups is 3. The minimum atomic E-state index is -0.197. The number of carbonyl (C=O) groups excluding carboxylic acids is 3. The van der Waals surface area contributed by atoms with Crippen molar-refractivity contribution in [3.63, 3.8) is 0 Å². The SMILES string of the molecule is Cc1cc(NC(=O)CCN2C(=O)[C@@H]3[C@@H](C2=O)[C@H]2C=C[C@H]3C2)cc(C)c1Br. The molecule has 2 bridgehead atoms. The molecular formula is C20H21BrN2O3. The maximum absolute atomic E-state index is 12.6. The Kier molecular flexibility index (Phi) is 4.26. The minimum Gasteiger partial charge on any atom is -0.326 e. The molecule has 3 amide bonds. The molecule has 5 nitrogen and oxygen atoms in total. The second-order valence-corrected chi connectivity index (χ2v) is 8.34. The molecule has 2 aliphatic carbocycles. The molecule has 2 fully saturated rings. The van der Waals surface area contributed by atoms with Gasteiger partial charge in [-0.1, -0.05) is 28.1 Å². The highest BCUT2D eigenvalue weighted by molar-refractivity contribution is 9.10. The van der Waals surface area contributed by atoms with E-state index < -0.39 is 0 Å². The van der Waals surface area contributed by atoms with Crippen LogP contribution in [0.3, 0.4) is 0 Å². The maximum Gasteiger partial charge on any atom is 0.233 e. The van der Waals surface area contributed by atoms with Gasteiger partial charge in [0.2, 0.25) is 17.7 Å². The van der Waals surface area contributed by atoms with Crippen LogP contribution in [0.5, 0.6) is 0 Å². The minimum absolute atomic E-state index is 0.0972. The summed E-state index contributed by atoms with van der Waals surface area (Å²) in [7, 11) is 0. The summed E-state index contributed by atoms with van der Waals surface area (Å²) in [6, 6.07) is 3.80. The Morgan fingerprint density at radius 2 is 1.65 bits per heavy atom. The first-order valence-corrected chi connectivity index (χ1v) is 9.76. The standard InChI is InChI=1S/C20H21BrN2O3/c1-10-7-14(8-11(2)18(10)21)22-15(24)5-6-23-19(25)16-12-3-4-13(9-12)17(16)20(23)26/h3-4,7-8,12-13,16-17H,5-6,9H2,1-2H3,(H,22,24)/t12-,13-,16-,17-/m0/s1. The van der Waals surface area contributed by atoms with Crippen molar-refractivity contribution in [2.24, 2.45) is 23.7 Å². The van der Waals surface area contributed by atoms with Gasteiger partial charge in [-0.05, 0) is 55.4 Å². The van der Waals surface area contributed by atoms with E-state index in [1.165, 1.54) is 4.90 Å². The molecule has 1 saturated heterocycles. The van der Waals surface area contributed by atoms with Crippen LogP contribution in [-0.2, 0) is 14.4 Å². The van der Waals surface area contributed by atoms with E-state index in [4.69, 9.17) is 0 Å². The van der Waals surface area contributed by atoms with Gasteiger partial charge < -0.3 is 5.32 Å². The number of nitrogens with one attached hydrogen (secondary N) is 1. The van der Waals surface area contributed by atoms with E-state index in [9.17, 15) is 14.4 Å². The normalized spacial score (nSPS) is 28.8. The van der Waals surface area contributed by atoms with E-state index in [-0.39, 0.29) is 54.4 Å². The number of hydrogen-bond acceptors (Lipinski definition) is 3. The summed E-state index contributed by atoms with van der Waals surface area (Å²) in [4.78, 5) is 38.8. The van der Waals surface area contributed by atoms with E-state index in [0.29, 0.717) is 0 Å². The lowest BCUT2D eigenvalue weighted by molar-refractivity contribution is -0.140. The van der Waals surface area contributed by atoms with Gasteiger partial charge in [0.1, 0.15) is 0 Å². The molecule has 1 aromatic rings. The summed E-state index contributed by atoms with van der Waals surface area (Å²) in [6.45, 7) is 4.09. The van der Waals surface area contributed by atoms with Crippen molar-refractivity contribution < 1.29 is 14.4 Å². The fourth-order valence-electron chi connectivity index (χ4n) is 4.64. The number of halogens is 1. The largest absolute Gasteiger partial charge is 0.326 e. The third-order valence-electron chi connectivity index (χ3n) is 5.84. The van der Waals surface area contributed by atoms with Crippen molar-refractivity contribution in [1.29, 1.82) is 0 Å². The van der Waals surface area contributed by atoms with E-state index in [1.807, 2.05) is 26.0 Å². The molecule has 1 saturated carbocycles. The molecule has 0 aromatic heterocycles. The van der Waals surface area contributed by atoms with Crippen LogP contribution in [0.4, 0.5) is 5.69 Å². The highest BCUT2D eigenvalue weighted by Crippen LogP contribution is 2.52. The van der Waals surface area contributed by atoms with Crippen molar-refractivity contribution in [3.8, 4) is 0 Å². The average molecular weight is 417 g/mol. The molecule has 0 unspecified atom stereocenters. The lowest BCUT2D eigenvalue weighted by atomic mass is 9.85. The van der Waals surface area contributed by atoms with E-state index in [1.54, 1.807) is 0 Å². The Labute approximate surface area is 160 Å². The third kappa shape index (κ3) is 2.71. The van der Waals surface area contributed by atoms with Crippen LogP contribution < -0.4 is 5.32 Å². The molecule has 4 atom stereocenters. The first-order chi connectivity index (χ1) is 12.4. The third-order valence-corrected chi connectivity index (χ3v) is 7.10. The zero-order valence-electron chi connectivity index (χ0n) is 14.8. The Hall–Kier alpha value is -1.95. The van der Waals surface area contributed by atoms with Gasteiger partial charge in [0, 0.05) is 23.1 Å². The molecule has 0 spiro atoms. The molecule has 26 heavy (non-hydrogen) atoms. The van der Waals surface area contributed by atoms with Gasteiger partial charge in [0.15, 0.2) is 0 Å². The number of aryl methyl sites for hydroxylation is 2. The summed E-state index contributed by atoms with van der Waals surface area (Å²) in [5.41, 5.74) is 2.81. The molecule has 1 aliphatic heterocycles. The maximum atomic E-state index is 12.6. The van der Waals surface area contributed by atoms with E-state index >= 15 is 0 Å². The van der Waals surface area contributed by atoms with Crippen molar-refractivity contribution >= 4 is 39.3 Å². The zero-order valence-corrected chi connectivity index (χ0v) is 16.4. The van der Waals surface area contributed by atoms with Gasteiger partial charge in [-0.15, -0.1) is 0 Å². The van der Waals surface area contributed by atoms with Crippen LogP contribution in [0.1, 0.15) is 24.0 Å². The van der Waals surface area contributed by atoms with Gasteiger partial charge in [-0.3, -0.25) is 19.3 Å². The van der Waals surface area contributed by atoms with Crippen LogP contribution >= 0.6 is 15.9 Å². The molecule has 0 radical (unpaired) electrons. The monoisotopic (exact) mass is 416 g/mol. The lowest BCUT2D eigenvalue weighted by Gasteiger charge is -2.17. The Balaban J connectivity index is 1.38. The first kappa shape index (κ1) is 17.5. The summed E-state index contributed by atoms with van der Waals surface area (Å²) in [6.07, 6.45) is 5.19. The van der Waals surface area contributed by atoms with Crippen molar-refractivity contribution in [2.45, 2.75) is 26.7 Å². The number of rotatable bonds is 4. The molecule has 3 aliphatic rings. The first-order valence-electron chi connectivity index (χ1n) is 8.97. The number of likely N-dealkylation sites (tertiary alicyclic amines) is 1. The van der Waals surface area contributed by atoms with Gasteiger partial charge in [0.05, 0.1) is 11.8 Å². The Morgan fingerprint density at radius 3 is 2.19 bits per heavy atom. The molecule has 4 rings (SSSR count). The fraction of sp³-hybridized carbons (Fsp3) is 0.450. The van der Waals surface area contributed by atoms with Crippen LogP contribution in [0, 0.1) is 37.5 Å². The number of benzene rings is 1. The number of amides is 3. The van der Waals surface area contributed by atoms with Gasteiger partial charge in [-0.2, -0.15) is 0 Å². The van der Waals surface area contributed by atoms with Crippen molar-refractivity contribution in [2.75, 3.05) is 11.9 Å². The van der Waals surface area contributed by atoms with Crippen molar-refractivity contribution in [3.05, 3.63) is 39.9 Å². The second kappa shape index (κ2) is 6.34. The summed E-state index contributed by atoms with van der Waals surface area (Å²) in [5, 5.41) is 2.86. The highest BCUT2D eigenvalue weighted by Gasteiger charge is 2.58. The van der Waals surface area contributed by atoms with Crippen LogP contribution in [0.15, 0.2) is 28.8 Å². The van der Waals surface area contributed by atoms with Gasteiger partial charge in [0.25, 0.3) is 0 Å². The summed E-state index contributed by atoms with van der Waals surface area (Å²) < 4.78 is 1.03. The van der Waals surface area contributed by atoms with Gasteiger partial charge in [-0.25, -0.2) is 0 Å². The number of hydrogen-bond donors (Lipinski definition) is 1. The van der Waals surface area contributed by atoms with E-state index in [2.05, 4.69) is 33.4 Å². The molecule has 136 valence electrons. The zero-order chi connectivity index (χ0) is 18.6. The molecule has 1 heterocycles. The highest BCUT2D eigenvalue weighted by atomic mass is 79.9. The Bertz CT molecular complexity index is 794. The number of allylic oxidation sites excluding steroid dienone is 2. The molecule has 1 aromatic carbocycles.